The van der Waals surface area contributed by atoms with Gasteiger partial charge < -0.3 is 18.9 Å². The van der Waals surface area contributed by atoms with Gasteiger partial charge in [-0.2, -0.15) is 9.78 Å². The van der Waals surface area contributed by atoms with E-state index in [1.807, 2.05) is 0 Å². The van der Waals surface area contributed by atoms with Crippen LogP contribution in [0.4, 0.5) is 0 Å². The third-order valence-electron chi connectivity index (χ3n) is 4.17. The summed E-state index contributed by atoms with van der Waals surface area (Å²) in [5.74, 6) is -2.31. The Morgan fingerprint density at radius 1 is 0.935 bits per heavy atom. The van der Waals surface area contributed by atoms with Crippen LogP contribution in [0.1, 0.15) is 27.0 Å². The van der Waals surface area contributed by atoms with Crippen molar-refractivity contribution in [2.75, 3.05) is 0 Å². The van der Waals surface area contributed by atoms with Gasteiger partial charge in [0.05, 0.1) is 0 Å². The third kappa shape index (κ3) is 4.86. The Kier molecular flexibility index (Phi) is 6.30. The van der Waals surface area contributed by atoms with Crippen molar-refractivity contribution in [3.63, 3.8) is 0 Å². The Morgan fingerprint density at radius 3 is 2.10 bits per heavy atom. The minimum Gasteiger partial charge on any atom is -0.453 e. The van der Waals surface area contributed by atoms with Crippen molar-refractivity contribution in [3.8, 4) is 11.3 Å². The highest BCUT2D eigenvalue weighted by Gasteiger charge is 2.53. The van der Waals surface area contributed by atoms with E-state index in [2.05, 4.69) is 10.1 Å². The molecule has 1 N–H and O–H groups in total. The van der Waals surface area contributed by atoms with E-state index in [0.717, 1.165) is 25.5 Å². The first kappa shape index (κ1) is 21.9. The molecule has 0 amide bonds. The summed E-state index contributed by atoms with van der Waals surface area (Å²) in [5.41, 5.74) is -1.42. The molecular formula is C19H19N3O9. The average molecular weight is 433 g/mol. The standard InChI is InChI=1S/C19H19N3O9/c1-9(23)28-14-15(29-10(2)24)18(30-11(3)25)31-17(14)22-19(27)20-16(26)13(21-22)12-7-5-4-6-8-12/h4-8,14-15,17-18H,1-3H3,(H,20,26,27)/t14-,15+,17-,18+/m1/s1. The van der Waals surface area contributed by atoms with Crippen LogP contribution in [0.2, 0.25) is 0 Å². The van der Waals surface area contributed by atoms with E-state index in [-0.39, 0.29) is 5.69 Å². The van der Waals surface area contributed by atoms with Crippen LogP contribution in [-0.4, -0.2) is 51.2 Å². The molecule has 1 aromatic heterocycles. The first-order valence-electron chi connectivity index (χ1n) is 9.13. The van der Waals surface area contributed by atoms with Gasteiger partial charge in [0.1, 0.15) is 0 Å². The molecule has 0 aliphatic carbocycles. The minimum atomic E-state index is -1.49. The van der Waals surface area contributed by atoms with Crippen LogP contribution in [0, 0.1) is 0 Å². The molecule has 0 unspecified atom stereocenters. The van der Waals surface area contributed by atoms with Crippen molar-refractivity contribution in [3.05, 3.63) is 51.2 Å². The lowest BCUT2D eigenvalue weighted by Gasteiger charge is -2.23. The number of esters is 3. The number of H-pyrrole nitrogens is 1. The monoisotopic (exact) mass is 433 g/mol. The molecule has 1 aromatic carbocycles. The average Bonchev–Trinajstić information content (AvgIpc) is 2.98. The maximum atomic E-state index is 12.5. The number of nitrogens with zero attached hydrogens (tertiary/aromatic N) is 2. The van der Waals surface area contributed by atoms with Crippen molar-refractivity contribution < 1.29 is 33.3 Å². The van der Waals surface area contributed by atoms with Crippen LogP contribution in [0.3, 0.4) is 0 Å². The van der Waals surface area contributed by atoms with Crippen LogP contribution in [0.5, 0.6) is 0 Å². The summed E-state index contributed by atoms with van der Waals surface area (Å²) in [7, 11) is 0. The maximum Gasteiger partial charge on any atom is 0.347 e. The number of benzene rings is 1. The highest BCUT2D eigenvalue weighted by molar-refractivity contribution is 5.68. The number of aromatic nitrogens is 3. The van der Waals surface area contributed by atoms with E-state index in [1.54, 1.807) is 30.3 Å². The summed E-state index contributed by atoms with van der Waals surface area (Å²) in [6.07, 6.45) is -5.73. The number of ether oxygens (including phenoxy) is 4. The number of rotatable bonds is 5. The Morgan fingerprint density at radius 2 is 1.52 bits per heavy atom. The van der Waals surface area contributed by atoms with E-state index in [9.17, 15) is 24.0 Å². The van der Waals surface area contributed by atoms with Crippen LogP contribution < -0.4 is 11.2 Å². The topological polar surface area (TPSA) is 156 Å². The van der Waals surface area contributed by atoms with E-state index in [1.165, 1.54) is 0 Å². The predicted molar refractivity (Wildman–Crippen MR) is 101 cm³/mol. The molecule has 1 aliphatic rings. The first-order chi connectivity index (χ1) is 14.7. The molecule has 0 bridgehead atoms. The molecule has 12 nitrogen and oxygen atoms in total. The molecule has 1 saturated heterocycles. The Bertz CT molecular complexity index is 1110. The third-order valence-corrected chi connectivity index (χ3v) is 4.17. The summed E-state index contributed by atoms with van der Waals surface area (Å²) in [6.45, 7) is 3.29. The zero-order chi connectivity index (χ0) is 22.7. The normalized spacial score (nSPS) is 22.5. The van der Waals surface area contributed by atoms with Gasteiger partial charge in [0, 0.05) is 26.3 Å². The predicted octanol–water partition coefficient (Wildman–Crippen LogP) is -0.120. The van der Waals surface area contributed by atoms with Crippen LogP contribution in [-0.2, 0) is 33.3 Å². The van der Waals surface area contributed by atoms with E-state index < -0.39 is 53.9 Å². The summed E-state index contributed by atoms with van der Waals surface area (Å²) < 4.78 is 21.7. The second-order valence-electron chi connectivity index (χ2n) is 6.57. The minimum absolute atomic E-state index is 0.106. The second-order valence-corrected chi connectivity index (χ2v) is 6.57. The van der Waals surface area contributed by atoms with E-state index in [4.69, 9.17) is 18.9 Å². The summed E-state index contributed by atoms with van der Waals surface area (Å²) in [6, 6.07) is 8.29. The molecule has 1 aliphatic heterocycles. The number of nitrogens with one attached hydrogen (secondary N) is 1. The van der Waals surface area contributed by atoms with Gasteiger partial charge in [0.15, 0.2) is 11.8 Å². The quantitative estimate of drug-likeness (QED) is 0.498. The van der Waals surface area contributed by atoms with Crippen molar-refractivity contribution in [2.24, 2.45) is 0 Å². The maximum absolute atomic E-state index is 12.5. The highest BCUT2D eigenvalue weighted by atomic mass is 16.8. The van der Waals surface area contributed by atoms with Gasteiger partial charge in [0.25, 0.3) is 5.56 Å². The molecule has 4 atom stereocenters. The van der Waals surface area contributed by atoms with Crippen LogP contribution in [0.15, 0.2) is 39.9 Å². The van der Waals surface area contributed by atoms with Gasteiger partial charge in [-0.3, -0.25) is 24.2 Å². The molecule has 1 fully saturated rings. The number of carbonyl (C=O) groups excluding carboxylic acids is 3. The first-order valence-corrected chi connectivity index (χ1v) is 9.13. The Balaban J connectivity index is 2.11. The molecule has 31 heavy (non-hydrogen) atoms. The number of hydrogen-bond acceptors (Lipinski definition) is 10. The van der Waals surface area contributed by atoms with E-state index in [0.29, 0.717) is 5.56 Å². The lowest BCUT2D eigenvalue weighted by molar-refractivity contribution is -0.199. The zero-order valence-electron chi connectivity index (χ0n) is 16.8. The highest BCUT2D eigenvalue weighted by Crippen LogP contribution is 2.33. The van der Waals surface area contributed by atoms with Crippen LogP contribution in [0.25, 0.3) is 11.3 Å². The molecule has 2 aromatic rings. The number of aromatic amines is 1. The largest absolute Gasteiger partial charge is 0.453 e. The van der Waals surface area contributed by atoms with Crippen molar-refractivity contribution in [1.29, 1.82) is 0 Å². The summed E-state index contributed by atoms with van der Waals surface area (Å²) in [4.78, 5) is 61.6. The van der Waals surface area contributed by atoms with Gasteiger partial charge in [-0.1, -0.05) is 30.3 Å². The molecule has 0 spiro atoms. The molecule has 0 radical (unpaired) electrons. The van der Waals surface area contributed by atoms with Crippen molar-refractivity contribution >= 4 is 17.9 Å². The fourth-order valence-electron chi connectivity index (χ4n) is 3.07. The fourth-order valence-corrected chi connectivity index (χ4v) is 3.07. The van der Waals surface area contributed by atoms with E-state index >= 15 is 0 Å². The van der Waals surface area contributed by atoms with Gasteiger partial charge in [-0.25, -0.2) is 4.79 Å². The smallest absolute Gasteiger partial charge is 0.347 e. The van der Waals surface area contributed by atoms with Crippen molar-refractivity contribution in [1.82, 2.24) is 14.8 Å². The molecule has 0 saturated carbocycles. The molecule has 2 heterocycles. The lowest BCUT2D eigenvalue weighted by Crippen LogP contribution is -2.43. The SMILES string of the molecule is CC(=O)O[C@H]1O[C@@H](n2nc(-c3ccccc3)c(=O)[nH]c2=O)[C@H](OC(C)=O)[C@@H]1OC(C)=O. The van der Waals surface area contributed by atoms with Crippen molar-refractivity contribution in [2.45, 2.75) is 45.5 Å². The van der Waals surface area contributed by atoms with Gasteiger partial charge >= 0.3 is 23.6 Å². The lowest BCUT2D eigenvalue weighted by atomic mass is 10.2. The zero-order valence-corrected chi connectivity index (χ0v) is 16.8. The summed E-state index contributed by atoms with van der Waals surface area (Å²) >= 11 is 0. The van der Waals surface area contributed by atoms with Gasteiger partial charge in [-0.15, -0.1) is 0 Å². The number of carbonyl (C=O) groups is 3. The summed E-state index contributed by atoms with van der Waals surface area (Å²) in [5, 5.41) is 4.07. The fraction of sp³-hybridized carbons (Fsp3) is 0.368. The Hall–Kier alpha value is -3.80. The van der Waals surface area contributed by atoms with Crippen LogP contribution >= 0.6 is 0 Å². The molecular weight excluding hydrogens is 414 g/mol. The van der Waals surface area contributed by atoms with Gasteiger partial charge in [0.2, 0.25) is 18.6 Å². The molecule has 164 valence electrons. The van der Waals surface area contributed by atoms with Gasteiger partial charge in [-0.05, 0) is 0 Å². The number of hydrogen-bond donors (Lipinski definition) is 1. The second kappa shape index (κ2) is 8.92. The molecule has 3 rings (SSSR count). The Labute approximate surface area is 174 Å². The molecule has 12 heteroatoms.